The number of rotatable bonds is 20. The molecule has 0 aromatic heterocycles. The minimum absolute atomic E-state index is 0.0780. The molecule has 4 aromatic rings. The van der Waals surface area contributed by atoms with Gasteiger partial charge in [-0.25, -0.2) is 4.79 Å². The van der Waals surface area contributed by atoms with Crippen molar-refractivity contribution in [1.29, 1.82) is 0 Å². The van der Waals surface area contributed by atoms with Crippen LogP contribution < -0.4 is 9.47 Å². The van der Waals surface area contributed by atoms with Crippen molar-refractivity contribution in [2.24, 2.45) is 0 Å². The highest BCUT2D eigenvalue weighted by Gasteiger charge is 2.55. The summed E-state index contributed by atoms with van der Waals surface area (Å²) in [6, 6.07) is 22.9. The van der Waals surface area contributed by atoms with Crippen molar-refractivity contribution in [3.8, 4) is 11.5 Å². The molecule has 424 valence electrons. The SMILES string of the molecule is C[Si](C)(C)OC[C@H]1OC(=O)[C@H](O[Si](C)(C)C)[C@@H](O[Si](C)(C)C)[C@@H]1O[Si](C)(C)C.[2H]C([2H])(c1ccc(OCC)cc1)c1cc(Br)ccc1Cl.[2H]C([2H])(c1ccc(OCC)cc1)c1cc(C2(OC)O[C@H](CO)[C@@H](O)[C@H](O)[C@H]2O)ccc1Cl. The van der Waals surface area contributed by atoms with E-state index in [2.05, 4.69) is 94.5 Å². The molecule has 4 aromatic carbocycles. The first kappa shape index (κ1) is 59.6. The van der Waals surface area contributed by atoms with Gasteiger partial charge >= 0.3 is 5.97 Å². The Hall–Kier alpha value is -2.52. The lowest BCUT2D eigenvalue weighted by Gasteiger charge is -2.47. The van der Waals surface area contributed by atoms with Gasteiger partial charge in [0.25, 0.3) is 0 Å². The molecule has 6 rings (SSSR count). The average Bonchev–Trinajstić information content (AvgIpc) is 3.35. The maximum absolute atomic E-state index is 12.9. The molecule has 2 heterocycles. The van der Waals surface area contributed by atoms with Gasteiger partial charge in [0.1, 0.15) is 48.1 Å². The van der Waals surface area contributed by atoms with Crippen molar-refractivity contribution < 1.29 is 72.1 Å². The van der Waals surface area contributed by atoms with Gasteiger partial charge in [-0.3, -0.25) is 0 Å². The highest BCUT2D eigenvalue weighted by molar-refractivity contribution is 9.10. The van der Waals surface area contributed by atoms with Crippen molar-refractivity contribution in [3.63, 3.8) is 0 Å². The van der Waals surface area contributed by atoms with Gasteiger partial charge in [0.2, 0.25) is 5.79 Å². The number of aliphatic hydroxyl groups is 4. The van der Waals surface area contributed by atoms with Crippen LogP contribution in [0.5, 0.6) is 11.5 Å². The van der Waals surface area contributed by atoms with Crippen molar-refractivity contribution >= 4 is 78.4 Å². The quantitative estimate of drug-likeness (QED) is 0.0485. The molecule has 2 fully saturated rings. The van der Waals surface area contributed by atoms with E-state index >= 15 is 0 Å². The van der Waals surface area contributed by atoms with Gasteiger partial charge in [0, 0.05) is 32.7 Å². The summed E-state index contributed by atoms with van der Waals surface area (Å²) in [5.74, 6) is -0.996. The van der Waals surface area contributed by atoms with Crippen molar-refractivity contribution in [3.05, 3.63) is 127 Å². The summed E-state index contributed by atoms with van der Waals surface area (Å²) in [5.41, 5.74) is 1.54. The molecule has 1 unspecified atom stereocenters. The van der Waals surface area contributed by atoms with Crippen molar-refractivity contribution in [2.75, 3.05) is 33.5 Å². The summed E-state index contributed by atoms with van der Waals surface area (Å²) in [6.07, 6.45) is -12.0. The first-order valence-electron chi connectivity index (χ1n) is 27.3. The Morgan fingerprint density at radius 3 is 1.57 bits per heavy atom. The van der Waals surface area contributed by atoms with E-state index in [0.29, 0.717) is 47.3 Å². The van der Waals surface area contributed by atoms with E-state index in [4.69, 9.17) is 70.1 Å². The third-order valence-corrected chi connectivity index (χ3v) is 16.2. The summed E-state index contributed by atoms with van der Waals surface area (Å²) in [7, 11) is -6.43. The van der Waals surface area contributed by atoms with E-state index in [0.717, 1.165) is 10.2 Å². The molecular formula is C55H83BrCl2O14Si4. The van der Waals surface area contributed by atoms with Gasteiger partial charge in [-0.1, -0.05) is 69.5 Å². The molecule has 4 N–H and O–H groups in total. The summed E-state index contributed by atoms with van der Waals surface area (Å²) in [5, 5.41) is 41.2. The summed E-state index contributed by atoms with van der Waals surface area (Å²) in [6.45, 7) is 29.9. The summed E-state index contributed by atoms with van der Waals surface area (Å²) < 4.78 is 88.1. The van der Waals surface area contributed by atoms with Crippen LogP contribution in [0.4, 0.5) is 0 Å². The molecule has 0 bridgehead atoms. The van der Waals surface area contributed by atoms with E-state index in [1.54, 1.807) is 66.7 Å². The third kappa shape index (κ3) is 20.2. The lowest BCUT2D eigenvalue weighted by Crippen LogP contribution is -2.64. The zero-order valence-electron chi connectivity index (χ0n) is 50.5. The van der Waals surface area contributed by atoms with Crippen LogP contribution in [0, 0.1) is 0 Å². The fourth-order valence-electron chi connectivity index (χ4n) is 7.86. The molecule has 0 saturated carbocycles. The number of cyclic esters (lactones) is 1. The molecule has 2 aliphatic rings. The van der Waals surface area contributed by atoms with Gasteiger partial charge in [-0.2, -0.15) is 0 Å². The minimum Gasteiger partial charge on any atom is -0.494 e. The van der Waals surface area contributed by atoms with Crippen LogP contribution in [0.2, 0.25) is 88.6 Å². The Morgan fingerprint density at radius 2 is 1.12 bits per heavy atom. The van der Waals surface area contributed by atoms with Crippen molar-refractivity contribution in [2.45, 2.75) is 160 Å². The fourth-order valence-corrected chi connectivity index (χ4v) is 12.4. The predicted molar refractivity (Wildman–Crippen MR) is 314 cm³/mol. The van der Waals surface area contributed by atoms with Crippen LogP contribution in [-0.2, 0) is 55.2 Å². The Bertz CT molecular complexity index is 2620. The van der Waals surface area contributed by atoms with Gasteiger partial charge in [0.15, 0.2) is 45.5 Å². The van der Waals surface area contributed by atoms with Crippen LogP contribution in [0.15, 0.2) is 89.4 Å². The highest BCUT2D eigenvalue weighted by Crippen LogP contribution is 2.41. The second-order valence-electron chi connectivity index (χ2n) is 22.1. The number of esters is 1. The molecular weight excluding hydrogens is 1150 g/mol. The number of carbonyl (C=O) groups is 1. The summed E-state index contributed by atoms with van der Waals surface area (Å²) >= 11 is 15.8. The van der Waals surface area contributed by atoms with E-state index in [1.165, 1.54) is 25.3 Å². The monoisotopic (exact) mass is 1230 g/mol. The van der Waals surface area contributed by atoms with Crippen LogP contribution in [0.25, 0.3) is 0 Å². The van der Waals surface area contributed by atoms with Gasteiger partial charge in [-0.05, 0) is 182 Å². The predicted octanol–water partition coefficient (Wildman–Crippen LogP) is 11.1. The largest absolute Gasteiger partial charge is 0.494 e. The Kier molecular flexibility index (Phi) is 22.5. The summed E-state index contributed by atoms with van der Waals surface area (Å²) in [4.78, 5) is 12.9. The maximum Gasteiger partial charge on any atom is 0.337 e. The smallest absolute Gasteiger partial charge is 0.337 e. The second-order valence-corrected chi connectivity index (χ2v) is 41.7. The lowest BCUT2D eigenvalue weighted by atomic mass is 9.87. The molecule has 0 spiro atoms. The Balaban J connectivity index is 0.000000265. The number of hydrogen-bond acceptors (Lipinski definition) is 14. The number of ether oxygens (including phenoxy) is 5. The van der Waals surface area contributed by atoms with Crippen molar-refractivity contribution in [1.82, 2.24) is 0 Å². The van der Waals surface area contributed by atoms with E-state index < -0.39 is 101 Å². The Morgan fingerprint density at radius 1 is 0.645 bits per heavy atom. The molecule has 76 heavy (non-hydrogen) atoms. The number of aliphatic hydroxyl groups excluding tert-OH is 4. The minimum atomic E-state index is -2.04. The molecule has 0 radical (unpaired) electrons. The molecule has 21 heteroatoms. The first-order valence-corrected chi connectivity index (χ1v) is 40.5. The lowest BCUT2D eigenvalue weighted by molar-refractivity contribution is -0.366. The number of carbonyl (C=O) groups excluding carboxylic acids is 1. The van der Waals surface area contributed by atoms with Crippen LogP contribution >= 0.6 is 39.1 Å². The molecule has 2 aliphatic heterocycles. The second kappa shape index (κ2) is 28.8. The molecule has 0 amide bonds. The number of benzene rings is 4. The van der Waals surface area contributed by atoms with E-state index in [1.807, 2.05) is 13.8 Å². The highest BCUT2D eigenvalue weighted by atomic mass is 79.9. The standard InChI is InChI=1S/C22H27ClO7.C18H42O6Si4.C15H14BrClO/c1-3-29-16-7-4-13(5-8-16)10-14-11-15(6-9-17(14)23)22(28-2)21(27)20(26)19(25)18(12-24)30-22;1-25(2,3)20-13-14-15(22-26(4,5)6)16(23-27(7,8)9)17(18(19)21-14)24-28(10,11)12;1-2-18-14-6-3-11(4-7-14)9-12-10-13(16)5-8-15(12)17/h4-9,11,18-21,24-27H,3,10,12H2,1-2H3;14-17H,13H2,1-12H3;3-8,10H,2,9H2,1H3/t18-,19-,20+,21-,22?;14-,15-,16+,17-;/m11./s1/i10D2;;9D2. The van der Waals surface area contributed by atoms with E-state index in [-0.39, 0.29) is 28.2 Å². The normalized spacial score (nSPS) is 25.3. The van der Waals surface area contributed by atoms with E-state index in [9.17, 15) is 25.2 Å². The van der Waals surface area contributed by atoms with Gasteiger partial charge in [0.05, 0.1) is 26.4 Å². The maximum atomic E-state index is 12.9. The first-order chi connectivity index (χ1) is 36.8. The molecule has 14 nitrogen and oxygen atoms in total. The molecule has 2 saturated heterocycles. The average molecular weight is 1240 g/mol. The van der Waals surface area contributed by atoms with Gasteiger partial charge in [-0.15, -0.1) is 0 Å². The zero-order valence-corrected chi connectivity index (χ0v) is 53.6. The topological polar surface area (TPSA) is 181 Å². The molecule has 9 atom stereocenters. The molecule has 0 aliphatic carbocycles. The van der Waals surface area contributed by atoms with Crippen LogP contribution in [0.1, 0.15) is 47.1 Å². The third-order valence-electron chi connectivity index (χ3n) is 11.1. The number of halogens is 3. The number of hydrogen-bond donors (Lipinski definition) is 4. The van der Waals surface area contributed by atoms with Crippen LogP contribution in [0.3, 0.4) is 0 Å². The van der Waals surface area contributed by atoms with Gasteiger partial charge < -0.3 is 61.8 Å². The zero-order chi connectivity index (χ0) is 60.6. The fraction of sp³-hybridized carbons (Fsp3) is 0.545. The van der Waals surface area contributed by atoms with Crippen LogP contribution in [-0.4, -0.2) is 142 Å². The number of methoxy groups -OCH3 is 1. The Labute approximate surface area is 479 Å².